The number of rotatable bonds is 7. The molecule has 0 aliphatic carbocycles. The number of amides is 2. The Bertz CT molecular complexity index is 1200. The first kappa shape index (κ1) is 24.9. The number of alkyl halides is 1. The van der Waals surface area contributed by atoms with E-state index < -0.39 is 11.0 Å². The number of nitrogens with one attached hydrogen (secondary N) is 1. The van der Waals surface area contributed by atoms with Crippen LogP contribution >= 0.6 is 23.2 Å². The lowest BCUT2D eigenvalue weighted by Gasteiger charge is -2.35. The van der Waals surface area contributed by atoms with Gasteiger partial charge in [-0.05, 0) is 44.2 Å². The van der Waals surface area contributed by atoms with Crippen LogP contribution in [0, 0.1) is 0 Å². The average Bonchev–Trinajstić information content (AvgIpc) is 2.80. The van der Waals surface area contributed by atoms with Crippen molar-refractivity contribution >= 4 is 58.4 Å². The van der Waals surface area contributed by atoms with E-state index in [1.165, 1.54) is 9.80 Å². The summed E-state index contributed by atoms with van der Waals surface area (Å²) in [5.74, 6) is -0.692. The molecule has 2 aromatic carbocycles. The molecular weight excluding hydrogens is 493 g/mol. The zero-order chi connectivity index (χ0) is 25.2. The first-order chi connectivity index (χ1) is 16.7. The number of carbonyl (C=O) groups excluding carboxylic acids is 3. The zero-order valence-electron chi connectivity index (χ0n) is 19.3. The summed E-state index contributed by atoms with van der Waals surface area (Å²) in [7, 11) is 0. The molecular formula is C25H25Cl2N3O5. The lowest BCUT2D eigenvalue weighted by Crippen LogP contribution is -2.55. The molecule has 4 rings (SSSR count). The van der Waals surface area contributed by atoms with Gasteiger partial charge in [-0.2, -0.15) is 0 Å². The van der Waals surface area contributed by atoms with Gasteiger partial charge in [0.25, 0.3) is 0 Å². The quantitative estimate of drug-likeness (QED) is 0.339. The molecule has 1 N–H and O–H groups in total. The van der Waals surface area contributed by atoms with Crippen LogP contribution in [0.25, 0.3) is 6.08 Å². The van der Waals surface area contributed by atoms with E-state index in [9.17, 15) is 14.4 Å². The van der Waals surface area contributed by atoms with Gasteiger partial charge in [0, 0.05) is 21.8 Å². The summed E-state index contributed by atoms with van der Waals surface area (Å²) in [5.41, 5.74) is 2.95. The molecule has 1 unspecified atom stereocenters. The van der Waals surface area contributed by atoms with Crippen LogP contribution in [0.15, 0.2) is 48.2 Å². The van der Waals surface area contributed by atoms with Gasteiger partial charge in [-0.15, -0.1) is 0 Å². The lowest BCUT2D eigenvalue weighted by molar-refractivity contribution is -0.150. The number of ether oxygens (including phenoxy) is 2. The Balaban J connectivity index is 1.51. The Labute approximate surface area is 213 Å². The van der Waals surface area contributed by atoms with Crippen LogP contribution in [0.5, 0.6) is 0 Å². The summed E-state index contributed by atoms with van der Waals surface area (Å²) in [6.45, 7) is 3.15. The monoisotopic (exact) mass is 517 g/mol. The maximum atomic E-state index is 12.9. The molecule has 2 aromatic rings. The number of hydrogen-bond acceptors (Lipinski definition) is 6. The maximum absolute atomic E-state index is 12.9. The Morgan fingerprint density at radius 1 is 1.14 bits per heavy atom. The third-order valence-electron chi connectivity index (χ3n) is 5.70. The van der Waals surface area contributed by atoms with Gasteiger partial charge in [-0.3, -0.25) is 14.4 Å². The van der Waals surface area contributed by atoms with Crippen LogP contribution in [0.2, 0.25) is 5.02 Å². The molecule has 2 aliphatic rings. The lowest BCUT2D eigenvalue weighted by atomic mass is 10.0. The number of anilines is 2. The fraction of sp³-hybridized carbons (Fsp3) is 0.320. The summed E-state index contributed by atoms with van der Waals surface area (Å²) in [6, 6.07) is 12.6. The van der Waals surface area contributed by atoms with Gasteiger partial charge in [0.05, 0.1) is 12.3 Å². The van der Waals surface area contributed by atoms with Gasteiger partial charge in [0.2, 0.25) is 11.8 Å². The number of benzene rings is 2. The van der Waals surface area contributed by atoms with Crippen molar-refractivity contribution in [2.24, 2.45) is 0 Å². The fourth-order valence-corrected chi connectivity index (χ4v) is 4.36. The number of esters is 1. The number of nitrogens with zero attached hydrogens (tertiary/aromatic N) is 2. The molecule has 0 aromatic heterocycles. The minimum Gasteiger partial charge on any atom is -0.489 e. The van der Waals surface area contributed by atoms with Crippen molar-refractivity contribution < 1.29 is 23.9 Å². The molecule has 0 bridgehead atoms. The van der Waals surface area contributed by atoms with Gasteiger partial charge < -0.3 is 24.6 Å². The molecule has 0 spiro atoms. The van der Waals surface area contributed by atoms with Crippen molar-refractivity contribution in [3.63, 3.8) is 0 Å². The molecule has 0 radical (unpaired) electrons. The van der Waals surface area contributed by atoms with Crippen molar-refractivity contribution in [1.82, 2.24) is 4.90 Å². The molecule has 8 nitrogen and oxygen atoms in total. The highest BCUT2D eigenvalue weighted by molar-refractivity contribution is 6.31. The summed E-state index contributed by atoms with van der Waals surface area (Å²) in [4.78, 5) is 39.0. The SMILES string of the molecule is CCOC(=O)CN1CC(=O)N(c2ccccc2COC2=Cc3cc(Cl)ccc3NC2(C)Cl)CC1=O. The van der Waals surface area contributed by atoms with E-state index >= 15 is 0 Å². The summed E-state index contributed by atoms with van der Waals surface area (Å²) >= 11 is 12.8. The predicted molar refractivity (Wildman–Crippen MR) is 134 cm³/mol. The van der Waals surface area contributed by atoms with Crippen LogP contribution in [-0.4, -0.2) is 53.9 Å². The third-order valence-corrected chi connectivity index (χ3v) is 6.21. The molecule has 2 amide bonds. The topological polar surface area (TPSA) is 88.2 Å². The van der Waals surface area contributed by atoms with Crippen molar-refractivity contribution in [2.45, 2.75) is 25.5 Å². The summed E-state index contributed by atoms with van der Waals surface area (Å²) < 4.78 is 11.0. The molecule has 35 heavy (non-hydrogen) atoms. The molecule has 1 saturated heterocycles. The van der Waals surface area contributed by atoms with Gasteiger partial charge in [0.1, 0.15) is 32.0 Å². The number of halogens is 2. The number of carbonyl (C=O) groups is 3. The van der Waals surface area contributed by atoms with Crippen molar-refractivity contribution in [2.75, 3.05) is 36.5 Å². The standard InChI is InChI=1S/C25H25Cl2N3O5/c1-3-34-24(33)14-29-12-23(32)30(13-22(29)31)20-7-5-4-6-16(20)15-35-21-11-17-10-18(26)8-9-19(17)28-25(21,2)27/h4-11,28H,3,12-15H2,1-2H3. The van der Waals surface area contributed by atoms with Crippen LogP contribution in [0.3, 0.4) is 0 Å². The minimum absolute atomic E-state index is 0.117. The number of para-hydroxylation sites is 1. The Morgan fingerprint density at radius 2 is 1.91 bits per heavy atom. The Kier molecular flexibility index (Phi) is 7.23. The zero-order valence-corrected chi connectivity index (χ0v) is 20.9. The van der Waals surface area contributed by atoms with Gasteiger partial charge in [-0.25, -0.2) is 0 Å². The average molecular weight is 518 g/mol. The maximum Gasteiger partial charge on any atom is 0.325 e. The van der Waals surface area contributed by atoms with E-state index in [1.54, 1.807) is 32.0 Å². The first-order valence-electron chi connectivity index (χ1n) is 11.1. The second kappa shape index (κ2) is 10.2. The van der Waals surface area contributed by atoms with E-state index in [2.05, 4.69) is 5.32 Å². The number of fused-ring (bicyclic) bond motifs is 1. The van der Waals surface area contributed by atoms with E-state index in [0.29, 0.717) is 22.0 Å². The summed E-state index contributed by atoms with van der Waals surface area (Å²) in [6.07, 6.45) is 1.83. The molecule has 1 fully saturated rings. The van der Waals surface area contributed by atoms with Crippen LogP contribution < -0.4 is 10.2 Å². The highest BCUT2D eigenvalue weighted by Crippen LogP contribution is 2.38. The van der Waals surface area contributed by atoms with Gasteiger partial charge in [0.15, 0.2) is 5.00 Å². The normalized spacial score (nSPS) is 19.6. The highest BCUT2D eigenvalue weighted by Gasteiger charge is 2.35. The highest BCUT2D eigenvalue weighted by atomic mass is 35.5. The minimum atomic E-state index is -0.986. The number of hydrogen-bond donors (Lipinski definition) is 1. The molecule has 2 aliphatic heterocycles. The molecule has 0 saturated carbocycles. The Hall–Kier alpha value is -3.23. The Morgan fingerprint density at radius 3 is 2.69 bits per heavy atom. The van der Waals surface area contributed by atoms with Crippen molar-refractivity contribution in [3.8, 4) is 0 Å². The van der Waals surface area contributed by atoms with Crippen LogP contribution in [0.1, 0.15) is 25.0 Å². The fourth-order valence-electron chi connectivity index (χ4n) is 3.97. The first-order valence-corrected chi connectivity index (χ1v) is 11.9. The second-order valence-electron chi connectivity index (χ2n) is 8.32. The van der Waals surface area contributed by atoms with E-state index in [-0.39, 0.29) is 44.7 Å². The van der Waals surface area contributed by atoms with Crippen LogP contribution in [0.4, 0.5) is 11.4 Å². The van der Waals surface area contributed by atoms with Gasteiger partial charge in [-0.1, -0.05) is 41.4 Å². The predicted octanol–water partition coefficient (Wildman–Crippen LogP) is 4.02. The molecule has 184 valence electrons. The molecule has 10 heteroatoms. The molecule has 2 heterocycles. The van der Waals surface area contributed by atoms with Crippen molar-refractivity contribution in [1.29, 1.82) is 0 Å². The van der Waals surface area contributed by atoms with Crippen LogP contribution in [-0.2, 0) is 30.5 Å². The van der Waals surface area contributed by atoms with E-state index in [4.69, 9.17) is 32.7 Å². The molecule has 1 atom stereocenters. The largest absolute Gasteiger partial charge is 0.489 e. The van der Waals surface area contributed by atoms with Crippen molar-refractivity contribution in [3.05, 3.63) is 64.4 Å². The second-order valence-corrected chi connectivity index (χ2v) is 9.51. The van der Waals surface area contributed by atoms with Gasteiger partial charge >= 0.3 is 5.97 Å². The van der Waals surface area contributed by atoms with E-state index in [1.807, 2.05) is 30.3 Å². The smallest absolute Gasteiger partial charge is 0.325 e. The summed E-state index contributed by atoms with van der Waals surface area (Å²) in [5, 5.41) is 3.82. The number of piperazine rings is 1. The third kappa shape index (κ3) is 5.55. The van der Waals surface area contributed by atoms with E-state index in [0.717, 1.165) is 11.3 Å².